The van der Waals surface area contributed by atoms with Crippen LogP contribution in [0, 0.1) is 12.0 Å². The summed E-state index contributed by atoms with van der Waals surface area (Å²) in [5, 5.41) is 5.48. The quantitative estimate of drug-likeness (QED) is 0.390. The van der Waals surface area contributed by atoms with E-state index in [-0.39, 0.29) is 61.8 Å². The molecule has 0 amide bonds. The molecule has 0 saturated heterocycles. The summed E-state index contributed by atoms with van der Waals surface area (Å²) in [5.74, 6) is 0.556. The van der Waals surface area contributed by atoms with Crippen LogP contribution >= 0.6 is 0 Å². The molecule has 0 heterocycles. The summed E-state index contributed by atoms with van der Waals surface area (Å²) < 4.78 is 0. The van der Waals surface area contributed by atoms with Gasteiger partial charge in [-0.05, 0) is 10.8 Å². The normalized spacial score (nSPS) is 15.4. The van der Waals surface area contributed by atoms with Crippen LogP contribution < -0.4 is 24.8 Å². The molecule has 1 aliphatic carbocycles. The Kier molecular flexibility index (Phi) is 11.1. The van der Waals surface area contributed by atoms with Gasteiger partial charge in [0.1, 0.15) is 0 Å². The first-order valence-electron chi connectivity index (χ1n) is 10.4. The Morgan fingerprint density at radius 1 is 0.774 bits per heavy atom. The van der Waals surface area contributed by atoms with Gasteiger partial charge in [0.15, 0.2) is 0 Å². The zero-order valence-electron chi connectivity index (χ0n) is 20.0. The molecular formula is C28H34Cl2Zr. The molecule has 0 nitrogen and oxygen atoms in total. The molecule has 0 N–H and O–H groups in total. The molecule has 0 radical (unpaired) electrons. The maximum atomic E-state index is 3.15. The first kappa shape index (κ1) is 30.3. The van der Waals surface area contributed by atoms with E-state index in [2.05, 4.69) is 110 Å². The Morgan fingerprint density at radius 3 is 1.45 bits per heavy atom. The molecule has 4 rings (SSSR count). The third kappa shape index (κ3) is 7.38. The van der Waals surface area contributed by atoms with Crippen LogP contribution in [0.2, 0.25) is 0 Å². The van der Waals surface area contributed by atoms with Crippen LogP contribution in [0.4, 0.5) is 0 Å². The van der Waals surface area contributed by atoms with Crippen molar-refractivity contribution in [1.82, 2.24) is 0 Å². The van der Waals surface area contributed by atoms with Gasteiger partial charge in [-0.25, -0.2) is 11.6 Å². The van der Waals surface area contributed by atoms with E-state index >= 15 is 0 Å². The summed E-state index contributed by atoms with van der Waals surface area (Å²) in [6, 6.07) is 16.2. The van der Waals surface area contributed by atoms with Crippen LogP contribution in [0.1, 0.15) is 66.5 Å². The molecule has 3 aromatic carbocycles. The molecule has 0 bridgehead atoms. The second-order valence-corrected chi connectivity index (χ2v) is 10.3. The van der Waals surface area contributed by atoms with E-state index in [9.17, 15) is 0 Å². The van der Waals surface area contributed by atoms with Crippen molar-refractivity contribution in [3.63, 3.8) is 0 Å². The van der Waals surface area contributed by atoms with Crippen molar-refractivity contribution in [2.45, 2.75) is 66.2 Å². The minimum atomic E-state index is 0. The van der Waals surface area contributed by atoms with Crippen LogP contribution in [0.5, 0.6) is 0 Å². The molecule has 1 unspecified atom stereocenters. The van der Waals surface area contributed by atoms with Crippen LogP contribution in [0.15, 0.2) is 60.2 Å². The molecule has 0 spiro atoms. The Morgan fingerprint density at radius 2 is 1.19 bits per heavy atom. The number of halogens is 2. The largest absolute Gasteiger partial charge is 4.00 e. The van der Waals surface area contributed by atoms with Gasteiger partial charge in [-0.3, -0.25) is 6.08 Å². The standard InChI is InChI=1S/C21H25.C7H9.2ClH.Zr/c1-20(2,3)16-7-9-18-14(12-16)11-15-13-17(21(4,5)6)8-10-19(15)18;1-6-3-4-7(2)5-6;;;/h7-13H,1-6H3;3,5,7H,1-2H3;2*1H;/q2*-1;;;+4/p-2. The monoisotopic (exact) mass is 530 g/mol. The average molecular weight is 533 g/mol. The van der Waals surface area contributed by atoms with Crippen molar-refractivity contribution in [2.75, 3.05) is 0 Å². The zero-order chi connectivity index (χ0) is 20.7. The first-order chi connectivity index (χ1) is 12.9. The van der Waals surface area contributed by atoms with Crippen molar-refractivity contribution in [3.8, 4) is 0 Å². The SMILES string of the molecule is CC(C)(C)c1ccc2c(c1)[cH-]c1cc(C(C)(C)C)ccc12.CC1=CC(C)[C-]=C1.[Cl-].[Cl-].[Zr+4]. The van der Waals surface area contributed by atoms with E-state index in [1.165, 1.54) is 38.2 Å². The number of rotatable bonds is 0. The fourth-order valence-corrected chi connectivity index (χ4v) is 3.71. The van der Waals surface area contributed by atoms with Crippen LogP contribution in [0.3, 0.4) is 0 Å². The third-order valence-electron chi connectivity index (χ3n) is 5.52. The van der Waals surface area contributed by atoms with E-state index in [1.54, 1.807) is 0 Å². The zero-order valence-corrected chi connectivity index (χ0v) is 24.0. The molecule has 164 valence electrons. The van der Waals surface area contributed by atoms with Gasteiger partial charge in [-0.1, -0.05) is 89.8 Å². The maximum absolute atomic E-state index is 3.15. The minimum Gasteiger partial charge on any atom is -1.00 e. The Labute approximate surface area is 220 Å². The van der Waals surface area contributed by atoms with Gasteiger partial charge in [-0.15, -0.1) is 46.7 Å². The number of hydrogen-bond donors (Lipinski definition) is 0. The van der Waals surface area contributed by atoms with Gasteiger partial charge in [0.2, 0.25) is 0 Å². The topological polar surface area (TPSA) is 0 Å². The molecule has 1 atom stereocenters. The molecule has 3 aromatic rings. The van der Waals surface area contributed by atoms with E-state index in [0.717, 1.165) is 0 Å². The smallest absolute Gasteiger partial charge is 1.00 e. The number of hydrogen-bond acceptors (Lipinski definition) is 0. The molecule has 0 saturated carbocycles. The van der Waals surface area contributed by atoms with E-state index < -0.39 is 0 Å². The first-order valence-corrected chi connectivity index (χ1v) is 10.4. The predicted molar refractivity (Wildman–Crippen MR) is 125 cm³/mol. The Bertz CT molecular complexity index is 988. The van der Waals surface area contributed by atoms with Crippen LogP contribution in [-0.4, -0.2) is 0 Å². The van der Waals surface area contributed by atoms with Crippen molar-refractivity contribution in [2.24, 2.45) is 5.92 Å². The van der Waals surface area contributed by atoms with Gasteiger partial charge in [0.25, 0.3) is 0 Å². The summed E-state index contributed by atoms with van der Waals surface area (Å²) in [6.07, 6.45) is 7.38. The van der Waals surface area contributed by atoms with Gasteiger partial charge < -0.3 is 24.8 Å². The third-order valence-corrected chi connectivity index (χ3v) is 5.52. The Balaban J connectivity index is 0.000000777. The van der Waals surface area contributed by atoms with Crippen molar-refractivity contribution >= 4 is 21.5 Å². The maximum Gasteiger partial charge on any atom is 4.00 e. The van der Waals surface area contributed by atoms with Gasteiger partial charge in [-0.2, -0.15) is 6.08 Å². The predicted octanol–water partition coefficient (Wildman–Crippen LogP) is 2.25. The average Bonchev–Trinajstić information content (AvgIpc) is 3.14. The summed E-state index contributed by atoms with van der Waals surface area (Å²) in [6.45, 7) is 17.9. The molecule has 0 aliphatic heterocycles. The fraction of sp³-hybridized carbons (Fsp3) is 0.393. The summed E-state index contributed by atoms with van der Waals surface area (Å²) in [4.78, 5) is 0. The van der Waals surface area contributed by atoms with E-state index in [1.807, 2.05) is 6.08 Å². The number of allylic oxidation sites excluding steroid dienone is 4. The van der Waals surface area contributed by atoms with E-state index in [4.69, 9.17) is 0 Å². The molecule has 31 heavy (non-hydrogen) atoms. The molecule has 0 fully saturated rings. The summed E-state index contributed by atoms with van der Waals surface area (Å²) in [5.41, 5.74) is 4.55. The molecule has 3 heteroatoms. The van der Waals surface area contributed by atoms with Crippen molar-refractivity contribution < 1.29 is 51.0 Å². The van der Waals surface area contributed by atoms with Crippen molar-refractivity contribution in [3.05, 3.63) is 77.4 Å². The summed E-state index contributed by atoms with van der Waals surface area (Å²) >= 11 is 0. The van der Waals surface area contributed by atoms with Gasteiger partial charge in [0, 0.05) is 0 Å². The van der Waals surface area contributed by atoms with Crippen molar-refractivity contribution in [1.29, 1.82) is 0 Å². The molecule has 1 aliphatic rings. The Hall–Kier alpha value is -0.747. The molecule has 0 aromatic heterocycles. The minimum absolute atomic E-state index is 0. The second kappa shape index (κ2) is 11.4. The molecular weight excluding hydrogens is 498 g/mol. The van der Waals surface area contributed by atoms with Crippen LogP contribution in [-0.2, 0) is 37.0 Å². The summed E-state index contributed by atoms with van der Waals surface area (Å²) in [7, 11) is 0. The van der Waals surface area contributed by atoms with E-state index in [0.29, 0.717) is 5.92 Å². The fourth-order valence-electron chi connectivity index (χ4n) is 3.71. The van der Waals surface area contributed by atoms with Gasteiger partial charge >= 0.3 is 26.2 Å². The van der Waals surface area contributed by atoms with Crippen LogP contribution in [0.25, 0.3) is 21.5 Å². The second-order valence-electron chi connectivity index (χ2n) is 10.3. The number of benzene rings is 2. The number of fused-ring (bicyclic) bond motifs is 3. The van der Waals surface area contributed by atoms with Gasteiger partial charge in [0.05, 0.1) is 0 Å².